The molecule has 2 aliphatic rings. The van der Waals surface area contributed by atoms with E-state index in [1.807, 2.05) is 24.3 Å². The number of hydrogen-bond acceptors (Lipinski definition) is 6. The number of amides is 1. The van der Waals surface area contributed by atoms with Gasteiger partial charge in [-0.3, -0.25) is 19.8 Å². The van der Waals surface area contributed by atoms with Crippen LogP contribution in [0.15, 0.2) is 59.1 Å². The lowest BCUT2D eigenvalue weighted by Crippen LogP contribution is -2.40. The van der Waals surface area contributed by atoms with Crippen LogP contribution in [0.2, 0.25) is 0 Å². The number of rotatable bonds is 5. The minimum atomic E-state index is -0.388. The summed E-state index contributed by atoms with van der Waals surface area (Å²) in [6, 6.07) is 14.3. The van der Waals surface area contributed by atoms with Gasteiger partial charge in [0.05, 0.1) is 30.7 Å². The lowest BCUT2D eigenvalue weighted by atomic mass is 9.99. The second-order valence-corrected chi connectivity index (χ2v) is 8.02. The average Bonchev–Trinajstić information content (AvgIpc) is 3.49. The molecule has 0 bridgehead atoms. The van der Waals surface area contributed by atoms with Crippen LogP contribution in [-0.4, -0.2) is 58.0 Å². The van der Waals surface area contributed by atoms with Gasteiger partial charge >= 0.3 is 0 Å². The predicted molar refractivity (Wildman–Crippen MR) is 115 cm³/mol. The molecule has 3 aromatic rings. The van der Waals surface area contributed by atoms with E-state index in [2.05, 4.69) is 21.7 Å². The van der Waals surface area contributed by atoms with Crippen molar-refractivity contribution in [1.82, 2.24) is 14.4 Å². The van der Waals surface area contributed by atoms with E-state index in [0.717, 1.165) is 24.3 Å². The number of hydrogen-bond donors (Lipinski definition) is 0. The fourth-order valence-electron chi connectivity index (χ4n) is 4.46. The van der Waals surface area contributed by atoms with Gasteiger partial charge in [-0.15, -0.1) is 0 Å². The van der Waals surface area contributed by atoms with Gasteiger partial charge in [-0.2, -0.15) is 0 Å². The summed E-state index contributed by atoms with van der Waals surface area (Å²) in [6.07, 6.45) is 2.05. The van der Waals surface area contributed by atoms with E-state index in [-0.39, 0.29) is 22.6 Å². The van der Waals surface area contributed by atoms with Crippen molar-refractivity contribution in [2.45, 2.75) is 19.1 Å². The highest BCUT2D eigenvalue weighted by atomic mass is 16.6. The highest BCUT2D eigenvalue weighted by Gasteiger charge is 2.30. The number of nitro groups is 1. The smallest absolute Gasteiger partial charge is 0.289 e. The van der Waals surface area contributed by atoms with Crippen molar-refractivity contribution in [2.75, 3.05) is 32.8 Å². The number of fused-ring (bicyclic) bond motifs is 1. The normalized spacial score (nSPS) is 19.0. The number of benzene rings is 1. The number of aromatic nitrogens is 1. The van der Waals surface area contributed by atoms with Crippen molar-refractivity contribution >= 4 is 11.6 Å². The summed E-state index contributed by atoms with van der Waals surface area (Å²) < 4.78 is 13.5. The molecule has 1 aromatic carbocycles. The Balaban J connectivity index is 1.38. The highest BCUT2D eigenvalue weighted by Crippen LogP contribution is 2.34. The Morgan fingerprint density at radius 1 is 1.03 bits per heavy atom. The molecule has 0 spiro atoms. The molecule has 9 nitrogen and oxygen atoms in total. The van der Waals surface area contributed by atoms with Crippen LogP contribution in [0.1, 0.15) is 33.6 Å². The molecule has 9 heteroatoms. The maximum absolute atomic E-state index is 12.7. The van der Waals surface area contributed by atoms with E-state index in [4.69, 9.17) is 9.15 Å². The number of morpholine rings is 1. The molecule has 32 heavy (non-hydrogen) atoms. The molecule has 2 aliphatic heterocycles. The molecular weight excluding hydrogens is 412 g/mol. The monoisotopic (exact) mass is 436 g/mol. The fraction of sp³-hybridized carbons (Fsp3) is 0.348. The van der Waals surface area contributed by atoms with Gasteiger partial charge in [0.1, 0.15) is 5.76 Å². The number of ether oxygens (including phenoxy) is 1. The van der Waals surface area contributed by atoms with Crippen LogP contribution in [0.3, 0.4) is 0 Å². The van der Waals surface area contributed by atoms with E-state index in [1.54, 1.807) is 23.1 Å². The van der Waals surface area contributed by atoms with E-state index in [0.29, 0.717) is 44.4 Å². The molecule has 1 fully saturated rings. The second-order valence-electron chi connectivity index (χ2n) is 8.02. The van der Waals surface area contributed by atoms with E-state index >= 15 is 0 Å². The Kier molecular flexibility index (Phi) is 5.50. The molecule has 1 saturated heterocycles. The summed E-state index contributed by atoms with van der Waals surface area (Å²) in [5.74, 6) is 0.946. The summed E-state index contributed by atoms with van der Waals surface area (Å²) in [7, 11) is 0. The van der Waals surface area contributed by atoms with E-state index in [9.17, 15) is 14.9 Å². The van der Waals surface area contributed by atoms with Crippen LogP contribution in [0, 0.1) is 10.1 Å². The van der Waals surface area contributed by atoms with Gasteiger partial charge in [-0.05, 0) is 29.8 Å². The van der Waals surface area contributed by atoms with Crippen LogP contribution in [-0.2, 0) is 17.8 Å². The first kappa shape index (κ1) is 20.5. The molecule has 0 N–H and O–H groups in total. The third kappa shape index (κ3) is 3.92. The van der Waals surface area contributed by atoms with Gasteiger partial charge in [-0.25, -0.2) is 0 Å². The number of furan rings is 1. The summed E-state index contributed by atoms with van der Waals surface area (Å²) in [5, 5.41) is 11.1. The number of nitro benzene ring substituents is 1. The summed E-state index contributed by atoms with van der Waals surface area (Å²) >= 11 is 0. The van der Waals surface area contributed by atoms with Crippen molar-refractivity contribution < 1.29 is 18.9 Å². The lowest BCUT2D eigenvalue weighted by Gasteiger charge is -2.36. The zero-order chi connectivity index (χ0) is 22.1. The zero-order valence-electron chi connectivity index (χ0n) is 17.6. The maximum Gasteiger partial charge on any atom is 0.289 e. The van der Waals surface area contributed by atoms with Crippen molar-refractivity contribution in [2.24, 2.45) is 0 Å². The minimum absolute atomic E-state index is 0.0666. The maximum atomic E-state index is 12.7. The number of carbonyl (C=O) groups excluding carboxylic acids is 1. The van der Waals surface area contributed by atoms with Crippen molar-refractivity contribution in [3.8, 4) is 0 Å². The average molecular weight is 436 g/mol. The topological polar surface area (TPSA) is 94.0 Å². The first-order valence-electron chi connectivity index (χ1n) is 10.7. The van der Waals surface area contributed by atoms with Crippen molar-refractivity contribution in [1.29, 1.82) is 0 Å². The predicted octanol–water partition coefficient (Wildman–Crippen LogP) is 3.07. The SMILES string of the molecule is O=C(c1ccc(CN2CCn3cccc3C2c2ccc([N+](=O)[O-])cc2)o1)N1CCOCC1. The molecule has 166 valence electrons. The van der Waals surface area contributed by atoms with Crippen molar-refractivity contribution in [3.05, 3.63) is 87.6 Å². The first-order valence-corrected chi connectivity index (χ1v) is 10.7. The van der Waals surface area contributed by atoms with Crippen LogP contribution >= 0.6 is 0 Å². The summed E-state index contributed by atoms with van der Waals surface area (Å²) in [5.41, 5.74) is 2.18. The third-order valence-electron chi connectivity index (χ3n) is 6.09. The van der Waals surface area contributed by atoms with Gasteiger partial charge < -0.3 is 18.6 Å². The van der Waals surface area contributed by atoms with Gasteiger partial charge in [0, 0.05) is 50.2 Å². The Morgan fingerprint density at radius 2 is 1.81 bits per heavy atom. The molecule has 5 rings (SSSR count). The third-order valence-corrected chi connectivity index (χ3v) is 6.09. The summed E-state index contributed by atoms with van der Waals surface area (Å²) in [6.45, 7) is 4.39. The van der Waals surface area contributed by atoms with Crippen LogP contribution in [0.5, 0.6) is 0 Å². The lowest BCUT2D eigenvalue weighted by molar-refractivity contribution is -0.384. The van der Waals surface area contributed by atoms with Crippen molar-refractivity contribution in [3.63, 3.8) is 0 Å². The largest absolute Gasteiger partial charge is 0.455 e. The number of non-ortho nitro benzene ring substituents is 1. The molecule has 2 aromatic heterocycles. The van der Waals surface area contributed by atoms with Crippen LogP contribution < -0.4 is 0 Å². The molecule has 4 heterocycles. The van der Waals surface area contributed by atoms with Gasteiger partial charge in [0.15, 0.2) is 5.76 Å². The molecule has 0 saturated carbocycles. The molecule has 0 aliphatic carbocycles. The standard InChI is InChI=1S/C23H24N4O5/c28-23(25-12-14-31-15-13-25)21-8-7-19(32-21)16-26-11-10-24-9-1-2-20(24)22(26)17-3-5-18(6-4-17)27(29)30/h1-9,22H,10-16H2. The van der Waals surface area contributed by atoms with Crippen LogP contribution in [0.25, 0.3) is 0 Å². The molecule has 1 unspecified atom stereocenters. The van der Waals surface area contributed by atoms with E-state index in [1.165, 1.54) is 0 Å². The Morgan fingerprint density at radius 3 is 2.56 bits per heavy atom. The molecule has 1 amide bonds. The Hall–Kier alpha value is -3.43. The zero-order valence-corrected chi connectivity index (χ0v) is 17.6. The Labute approximate surface area is 184 Å². The summed E-state index contributed by atoms with van der Waals surface area (Å²) in [4.78, 5) is 27.4. The second kappa shape index (κ2) is 8.60. The Bertz CT molecular complexity index is 1110. The number of carbonyl (C=O) groups is 1. The quantitative estimate of drug-likeness (QED) is 0.451. The van der Waals surface area contributed by atoms with E-state index < -0.39 is 0 Å². The molecule has 0 radical (unpaired) electrons. The molecule has 1 atom stereocenters. The van der Waals surface area contributed by atoms with Crippen LogP contribution in [0.4, 0.5) is 5.69 Å². The van der Waals surface area contributed by atoms with Gasteiger partial charge in [-0.1, -0.05) is 12.1 Å². The van der Waals surface area contributed by atoms with Gasteiger partial charge in [0.2, 0.25) is 0 Å². The highest BCUT2D eigenvalue weighted by molar-refractivity contribution is 5.91. The van der Waals surface area contributed by atoms with Gasteiger partial charge in [0.25, 0.3) is 11.6 Å². The number of nitrogens with zero attached hydrogens (tertiary/aromatic N) is 4. The molecular formula is C23H24N4O5. The minimum Gasteiger partial charge on any atom is -0.455 e. The fourth-order valence-corrected chi connectivity index (χ4v) is 4.46. The first-order chi connectivity index (χ1) is 15.6.